The van der Waals surface area contributed by atoms with Crippen LogP contribution in [0.2, 0.25) is 0 Å². The third-order valence-corrected chi connectivity index (χ3v) is 4.37. The number of hydrogen-bond donors (Lipinski definition) is 0. The first-order valence-electron chi connectivity index (χ1n) is 8.86. The van der Waals surface area contributed by atoms with Gasteiger partial charge in [-0.3, -0.25) is 5.01 Å². The zero-order valence-electron chi connectivity index (χ0n) is 14.5. The van der Waals surface area contributed by atoms with Gasteiger partial charge in [0.1, 0.15) is 0 Å². The summed E-state index contributed by atoms with van der Waals surface area (Å²) in [4.78, 5) is 23.2. The van der Waals surface area contributed by atoms with Gasteiger partial charge < -0.3 is 9.47 Å². The quantitative estimate of drug-likeness (QED) is 0.386. The zero-order valence-corrected chi connectivity index (χ0v) is 14.5. The van der Waals surface area contributed by atoms with E-state index in [9.17, 15) is 9.59 Å². The number of nitrogens with zero attached hydrogens (tertiary/aromatic N) is 3. The van der Waals surface area contributed by atoms with E-state index in [4.69, 9.17) is 9.47 Å². The van der Waals surface area contributed by atoms with E-state index >= 15 is 0 Å². The minimum absolute atomic E-state index is 0.0397. The van der Waals surface area contributed by atoms with E-state index in [0.717, 1.165) is 38.5 Å². The first kappa shape index (κ1) is 18.4. The minimum Gasteiger partial charge on any atom is -0.464 e. The summed E-state index contributed by atoms with van der Waals surface area (Å²) in [6, 6.07) is -0.128. The Morgan fingerprint density at radius 3 is 2.75 bits per heavy atom. The fraction of sp³-hybridized carbons (Fsp3) is 0.765. The number of carbonyl (C=O) groups excluding carboxylic acids is 2. The predicted molar refractivity (Wildman–Crippen MR) is 88.2 cm³/mol. The molecule has 2 rings (SSSR count). The highest BCUT2D eigenvalue weighted by atomic mass is 16.5. The van der Waals surface area contributed by atoms with Crippen LogP contribution < -0.4 is 0 Å². The highest BCUT2D eigenvalue weighted by molar-refractivity contribution is 5.81. The molecule has 0 bridgehead atoms. The van der Waals surface area contributed by atoms with Gasteiger partial charge in [0, 0.05) is 12.1 Å². The lowest BCUT2D eigenvalue weighted by molar-refractivity contribution is -0.146. The van der Waals surface area contributed by atoms with Gasteiger partial charge >= 0.3 is 11.9 Å². The van der Waals surface area contributed by atoms with E-state index in [-0.39, 0.29) is 18.0 Å². The highest BCUT2D eigenvalue weighted by Gasteiger charge is 2.43. The van der Waals surface area contributed by atoms with E-state index in [1.165, 1.54) is 6.08 Å². The van der Waals surface area contributed by atoms with Crippen molar-refractivity contribution >= 4 is 11.9 Å². The molecule has 0 aromatic carbocycles. The van der Waals surface area contributed by atoms with Crippen LogP contribution >= 0.6 is 0 Å². The van der Waals surface area contributed by atoms with Crippen LogP contribution in [0.4, 0.5) is 0 Å². The van der Waals surface area contributed by atoms with Crippen LogP contribution in [0.15, 0.2) is 22.5 Å². The van der Waals surface area contributed by atoms with E-state index in [1.807, 2.05) is 11.1 Å². The number of hydrogen-bond acceptors (Lipinski definition) is 7. The van der Waals surface area contributed by atoms with Crippen molar-refractivity contribution in [3.8, 4) is 0 Å². The third kappa shape index (κ3) is 4.79. The Bertz CT molecular complexity index is 492. The maximum atomic E-state index is 12.0. The molecule has 0 amide bonds. The third-order valence-electron chi connectivity index (χ3n) is 4.37. The van der Waals surface area contributed by atoms with Gasteiger partial charge in [0.25, 0.3) is 0 Å². The Kier molecular flexibility index (Phi) is 7.21. The van der Waals surface area contributed by atoms with Crippen molar-refractivity contribution in [3.63, 3.8) is 0 Å². The van der Waals surface area contributed by atoms with Crippen molar-refractivity contribution in [1.29, 1.82) is 0 Å². The van der Waals surface area contributed by atoms with Gasteiger partial charge in [0.15, 0.2) is 6.04 Å². The normalized spacial score (nSPS) is 25.8. The summed E-state index contributed by atoms with van der Waals surface area (Å²) in [6.07, 6.45) is 9.16. The van der Waals surface area contributed by atoms with Crippen molar-refractivity contribution in [2.24, 2.45) is 10.3 Å². The van der Waals surface area contributed by atoms with Crippen molar-refractivity contribution in [1.82, 2.24) is 5.01 Å². The molecule has 0 N–H and O–H groups in total. The van der Waals surface area contributed by atoms with Crippen molar-refractivity contribution in [3.05, 3.63) is 12.2 Å². The van der Waals surface area contributed by atoms with Crippen LogP contribution in [-0.4, -0.2) is 48.3 Å². The summed E-state index contributed by atoms with van der Waals surface area (Å²) in [5, 5.41) is 10.4. The van der Waals surface area contributed by atoms with Gasteiger partial charge in [-0.1, -0.05) is 11.3 Å². The molecule has 7 nitrogen and oxygen atoms in total. The molecular formula is C17H27N3O4. The van der Waals surface area contributed by atoms with Crippen LogP contribution in [0.5, 0.6) is 0 Å². The van der Waals surface area contributed by atoms with Gasteiger partial charge in [-0.05, 0) is 52.4 Å². The molecule has 2 aliphatic rings. The second-order valence-corrected chi connectivity index (χ2v) is 6.02. The lowest BCUT2D eigenvalue weighted by Gasteiger charge is -2.36. The molecule has 134 valence electrons. The second-order valence-electron chi connectivity index (χ2n) is 6.02. The zero-order chi connectivity index (χ0) is 17.4. The van der Waals surface area contributed by atoms with Gasteiger partial charge in [-0.15, -0.1) is 0 Å². The number of unbranched alkanes of at least 4 members (excludes halogenated alkanes) is 1. The highest BCUT2D eigenvalue weighted by Crippen LogP contribution is 2.33. The Morgan fingerprint density at radius 2 is 2.00 bits per heavy atom. The van der Waals surface area contributed by atoms with Crippen LogP contribution in [0, 0.1) is 0 Å². The summed E-state index contributed by atoms with van der Waals surface area (Å²) in [5.41, 5.74) is 0. The molecule has 0 aromatic heterocycles. The molecule has 2 heterocycles. The summed E-state index contributed by atoms with van der Waals surface area (Å²) in [6.45, 7) is 4.36. The molecular weight excluding hydrogens is 310 g/mol. The fourth-order valence-corrected chi connectivity index (χ4v) is 3.28. The number of piperidine rings is 1. The average Bonchev–Trinajstić information content (AvgIpc) is 3.00. The van der Waals surface area contributed by atoms with Crippen LogP contribution in [0.1, 0.15) is 52.4 Å². The molecule has 3 atom stereocenters. The van der Waals surface area contributed by atoms with Crippen LogP contribution in [0.3, 0.4) is 0 Å². The molecule has 1 fully saturated rings. The minimum atomic E-state index is -0.476. The first-order valence-corrected chi connectivity index (χ1v) is 8.86. The largest absolute Gasteiger partial charge is 0.464 e. The standard InChI is InChI=1S/C17H27N3O4/c1-3-23-15(21)12-7-5-6-9-13-10-8-11-14-16(17(22)24-4-2)18-19-20(13)14/h7,12-14,16H,3-6,8-11H2,1-2H3/b12-7+/t13-,14-,16+/m0/s1. The Hall–Kier alpha value is -1.92. The second kappa shape index (κ2) is 9.39. The average molecular weight is 337 g/mol. The maximum Gasteiger partial charge on any atom is 0.335 e. The lowest BCUT2D eigenvalue weighted by atomic mass is 9.91. The molecule has 24 heavy (non-hydrogen) atoms. The maximum absolute atomic E-state index is 12.0. The van der Waals surface area contributed by atoms with E-state index < -0.39 is 6.04 Å². The van der Waals surface area contributed by atoms with Gasteiger partial charge in [0.2, 0.25) is 0 Å². The monoisotopic (exact) mass is 337 g/mol. The number of fused-ring (bicyclic) bond motifs is 1. The molecule has 2 aliphatic heterocycles. The van der Waals surface area contributed by atoms with Crippen LogP contribution in [0.25, 0.3) is 0 Å². The molecule has 0 aliphatic carbocycles. The topological polar surface area (TPSA) is 80.6 Å². The molecule has 0 unspecified atom stereocenters. The summed E-state index contributed by atoms with van der Waals surface area (Å²) in [7, 11) is 0. The number of esters is 2. The van der Waals surface area contributed by atoms with Gasteiger partial charge in [-0.25, -0.2) is 9.59 Å². The summed E-state index contributed by atoms with van der Waals surface area (Å²) >= 11 is 0. The van der Waals surface area contributed by atoms with Gasteiger partial charge in [0.05, 0.1) is 19.3 Å². The predicted octanol–water partition coefficient (Wildman–Crippen LogP) is 2.81. The number of rotatable bonds is 8. The van der Waals surface area contributed by atoms with Gasteiger partial charge in [-0.2, -0.15) is 5.11 Å². The summed E-state index contributed by atoms with van der Waals surface area (Å²) < 4.78 is 9.94. The molecule has 0 saturated carbocycles. The van der Waals surface area contributed by atoms with E-state index in [1.54, 1.807) is 13.8 Å². The van der Waals surface area contributed by atoms with Crippen molar-refractivity contribution in [2.75, 3.05) is 13.2 Å². The van der Waals surface area contributed by atoms with Crippen molar-refractivity contribution in [2.45, 2.75) is 70.5 Å². The van der Waals surface area contributed by atoms with E-state index in [2.05, 4.69) is 10.3 Å². The molecule has 0 radical (unpaired) electrons. The number of carbonyl (C=O) groups is 2. The SMILES string of the molecule is CCOC(=O)/C=C/CCC[C@H]1CCC[C@H]2[C@H](C(=O)OCC)N=NN12. The summed E-state index contributed by atoms with van der Waals surface area (Å²) in [5.74, 6) is -0.562. The van der Waals surface area contributed by atoms with Crippen LogP contribution in [-0.2, 0) is 19.1 Å². The lowest BCUT2D eigenvalue weighted by Crippen LogP contribution is -2.47. The fourth-order valence-electron chi connectivity index (χ4n) is 3.28. The smallest absolute Gasteiger partial charge is 0.335 e. The Balaban J connectivity index is 1.78. The number of allylic oxidation sites excluding steroid dienone is 1. The molecule has 7 heteroatoms. The molecule has 0 spiro atoms. The first-order chi connectivity index (χ1) is 11.7. The number of ether oxygens (including phenoxy) is 2. The Labute approximate surface area is 143 Å². The molecule has 1 saturated heterocycles. The molecule has 0 aromatic rings. The Morgan fingerprint density at radius 1 is 1.21 bits per heavy atom. The van der Waals surface area contributed by atoms with Crippen molar-refractivity contribution < 1.29 is 19.1 Å². The van der Waals surface area contributed by atoms with E-state index in [0.29, 0.717) is 19.3 Å².